The number of ether oxygens (including phenoxy) is 1. The molecular weight excluding hydrogens is 302 g/mol. The van der Waals surface area contributed by atoms with E-state index in [0.29, 0.717) is 6.42 Å². The van der Waals surface area contributed by atoms with Gasteiger partial charge in [-0.3, -0.25) is 4.79 Å². The number of benzene rings is 1. The zero-order valence-corrected chi connectivity index (χ0v) is 11.5. The van der Waals surface area contributed by atoms with Crippen LogP contribution in [0.2, 0.25) is 5.02 Å². The first-order chi connectivity index (χ1) is 9.88. The van der Waals surface area contributed by atoms with Crippen molar-refractivity contribution in [1.82, 2.24) is 0 Å². The van der Waals surface area contributed by atoms with Crippen molar-refractivity contribution < 1.29 is 29.3 Å². The van der Waals surface area contributed by atoms with Gasteiger partial charge in [0.05, 0.1) is 10.6 Å². The van der Waals surface area contributed by atoms with Crippen LogP contribution in [-0.4, -0.2) is 40.3 Å². The molecule has 1 aliphatic rings. The predicted molar refractivity (Wildman–Crippen MR) is 72.6 cm³/mol. The summed E-state index contributed by atoms with van der Waals surface area (Å²) in [6, 6.07) is 4.04. The lowest BCUT2D eigenvalue weighted by atomic mass is 10.1. The average molecular weight is 314 g/mol. The summed E-state index contributed by atoms with van der Waals surface area (Å²) >= 11 is 5.73. The quantitative estimate of drug-likeness (QED) is 0.778. The van der Waals surface area contributed by atoms with Crippen molar-refractivity contribution in [3.8, 4) is 0 Å². The lowest BCUT2D eigenvalue weighted by Gasteiger charge is -2.12. The molecule has 1 amide bonds. The Morgan fingerprint density at radius 1 is 1.19 bits per heavy atom. The van der Waals surface area contributed by atoms with Crippen molar-refractivity contribution >= 4 is 35.1 Å². The number of halogens is 1. The molecule has 3 N–H and O–H groups in total. The second kappa shape index (κ2) is 6.11. The summed E-state index contributed by atoms with van der Waals surface area (Å²) in [5.41, 5.74) is 0.120. The highest BCUT2D eigenvalue weighted by Gasteiger charge is 2.34. The largest absolute Gasteiger partial charge is 0.479 e. The smallest absolute Gasteiger partial charge is 0.337 e. The molecule has 2 unspecified atom stereocenters. The molecule has 1 saturated heterocycles. The number of hydrogen-bond acceptors (Lipinski definition) is 4. The second-order valence-electron chi connectivity index (χ2n) is 4.52. The van der Waals surface area contributed by atoms with Crippen LogP contribution < -0.4 is 5.32 Å². The van der Waals surface area contributed by atoms with E-state index in [1.807, 2.05) is 0 Å². The van der Waals surface area contributed by atoms with Gasteiger partial charge >= 0.3 is 11.9 Å². The van der Waals surface area contributed by atoms with E-state index in [2.05, 4.69) is 5.32 Å². The Morgan fingerprint density at radius 3 is 2.43 bits per heavy atom. The molecule has 7 nitrogen and oxygen atoms in total. The minimum absolute atomic E-state index is 0.0588. The molecule has 0 spiro atoms. The zero-order chi connectivity index (χ0) is 15.6. The van der Waals surface area contributed by atoms with E-state index in [-0.39, 0.29) is 22.7 Å². The number of hydrogen-bond donors (Lipinski definition) is 3. The highest BCUT2D eigenvalue weighted by molar-refractivity contribution is 6.33. The van der Waals surface area contributed by atoms with Gasteiger partial charge in [0.1, 0.15) is 6.10 Å². The van der Waals surface area contributed by atoms with Crippen molar-refractivity contribution in [2.24, 2.45) is 0 Å². The Labute approximate surface area is 124 Å². The zero-order valence-electron chi connectivity index (χ0n) is 10.7. The first kappa shape index (κ1) is 15.3. The van der Waals surface area contributed by atoms with Crippen LogP contribution in [-0.2, 0) is 14.3 Å². The maximum Gasteiger partial charge on any atom is 0.337 e. The van der Waals surface area contributed by atoms with Gasteiger partial charge in [-0.05, 0) is 31.0 Å². The van der Waals surface area contributed by atoms with Gasteiger partial charge < -0.3 is 20.3 Å². The van der Waals surface area contributed by atoms with Gasteiger partial charge in [-0.1, -0.05) is 11.6 Å². The lowest BCUT2D eigenvalue weighted by molar-refractivity contribution is -0.150. The van der Waals surface area contributed by atoms with E-state index in [4.69, 9.17) is 26.6 Å². The maximum atomic E-state index is 11.9. The van der Waals surface area contributed by atoms with E-state index in [9.17, 15) is 14.4 Å². The molecule has 1 aromatic rings. The molecule has 0 aromatic heterocycles. The minimum atomic E-state index is -1.21. The van der Waals surface area contributed by atoms with Crippen LogP contribution in [0.5, 0.6) is 0 Å². The number of nitrogens with one attached hydrogen (secondary N) is 1. The number of carbonyl (C=O) groups is 3. The molecule has 0 aliphatic carbocycles. The van der Waals surface area contributed by atoms with Gasteiger partial charge in [0.15, 0.2) is 6.10 Å². The van der Waals surface area contributed by atoms with Gasteiger partial charge in [-0.2, -0.15) is 0 Å². The van der Waals surface area contributed by atoms with Crippen LogP contribution >= 0.6 is 11.6 Å². The predicted octanol–water partition coefficient (Wildman–Crippen LogP) is 1.61. The molecule has 1 aliphatic heterocycles. The number of carboxylic acid groups (broad SMARTS) is 2. The van der Waals surface area contributed by atoms with Crippen molar-refractivity contribution in [3.63, 3.8) is 0 Å². The van der Waals surface area contributed by atoms with E-state index in [1.54, 1.807) is 0 Å². The Kier molecular flexibility index (Phi) is 4.44. The van der Waals surface area contributed by atoms with E-state index in [0.717, 1.165) is 0 Å². The molecule has 1 fully saturated rings. The van der Waals surface area contributed by atoms with Crippen LogP contribution in [0.15, 0.2) is 18.2 Å². The number of carboxylic acids is 2. The number of aromatic carboxylic acids is 1. The van der Waals surface area contributed by atoms with Crippen LogP contribution in [0.25, 0.3) is 0 Å². The van der Waals surface area contributed by atoms with E-state index >= 15 is 0 Å². The van der Waals surface area contributed by atoms with Crippen molar-refractivity contribution in [3.05, 3.63) is 28.8 Å². The highest BCUT2D eigenvalue weighted by atomic mass is 35.5. The average Bonchev–Trinajstić information content (AvgIpc) is 2.90. The molecule has 21 heavy (non-hydrogen) atoms. The van der Waals surface area contributed by atoms with Gasteiger partial charge in [-0.15, -0.1) is 0 Å². The Morgan fingerprint density at radius 2 is 1.86 bits per heavy atom. The topological polar surface area (TPSA) is 113 Å². The standard InChI is InChI=1S/C13H12ClNO6/c14-8-2-1-6(5-7(8)12(17)18)15-11(16)9-3-4-10(21-9)13(19)20/h1-2,5,9-10H,3-4H2,(H,15,16)(H,17,18)(H,19,20). The summed E-state index contributed by atoms with van der Waals surface area (Å²) in [6.07, 6.45) is -1.30. The van der Waals surface area contributed by atoms with Crippen LogP contribution in [0.4, 0.5) is 5.69 Å². The van der Waals surface area contributed by atoms with Crippen LogP contribution in [0.3, 0.4) is 0 Å². The number of aliphatic carboxylic acids is 1. The summed E-state index contributed by atoms with van der Waals surface area (Å²) in [4.78, 5) is 33.6. The lowest BCUT2D eigenvalue weighted by Crippen LogP contribution is -2.30. The Balaban J connectivity index is 2.05. The maximum absolute atomic E-state index is 11.9. The summed E-state index contributed by atoms with van der Waals surface area (Å²) < 4.78 is 5.10. The van der Waals surface area contributed by atoms with E-state index < -0.39 is 30.1 Å². The fourth-order valence-electron chi connectivity index (χ4n) is 2.00. The van der Waals surface area contributed by atoms with Crippen molar-refractivity contribution in [2.45, 2.75) is 25.0 Å². The minimum Gasteiger partial charge on any atom is -0.479 e. The Bertz CT molecular complexity index is 602. The summed E-state index contributed by atoms with van der Waals surface area (Å²) in [5.74, 6) is -2.83. The summed E-state index contributed by atoms with van der Waals surface area (Å²) in [5, 5.41) is 20.3. The molecule has 0 saturated carbocycles. The summed E-state index contributed by atoms with van der Waals surface area (Å²) in [6.45, 7) is 0. The fraction of sp³-hybridized carbons (Fsp3) is 0.308. The SMILES string of the molecule is O=C(O)c1cc(NC(=O)C2CCC(C(=O)O)O2)ccc1Cl. The Hall–Kier alpha value is -2.12. The number of anilines is 1. The first-order valence-corrected chi connectivity index (χ1v) is 6.48. The molecule has 1 heterocycles. The first-order valence-electron chi connectivity index (χ1n) is 6.10. The van der Waals surface area contributed by atoms with Gasteiger partial charge in [0.2, 0.25) is 0 Å². The molecule has 112 valence electrons. The van der Waals surface area contributed by atoms with Crippen LogP contribution in [0.1, 0.15) is 23.2 Å². The normalized spacial score (nSPS) is 21.0. The van der Waals surface area contributed by atoms with Crippen LogP contribution in [0, 0.1) is 0 Å². The van der Waals surface area contributed by atoms with Gasteiger partial charge in [-0.25, -0.2) is 9.59 Å². The number of rotatable bonds is 4. The molecule has 0 bridgehead atoms. The third-order valence-corrected chi connectivity index (χ3v) is 3.38. The number of amides is 1. The molecule has 2 rings (SSSR count). The highest BCUT2D eigenvalue weighted by Crippen LogP contribution is 2.23. The summed E-state index contributed by atoms with van der Waals surface area (Å²) in [7, 11) is 0. The van der Waals surface area contributed by atoms with Gasteiger partial charge in [0, 0.05) is 5.69 Å². The molecule has 1 aromatic carbocycles. The molecule has 2 atom stereocenters. The van der Waals surface area contributed by atoms with Gasteiger partial charge in [0.25, 0.3) is 5.91 Å². The third kappa shape index (κ3) is 3.50. The second-order valence-corrected chi connectivity index (χ2v) is 4.93. The number of carbonyl (C=O) groups excluding carboxylic acids is 1. The monoisotopic (exact) mass is 313 g/mol. The molecular formula is C13H12ClNO6. The third-order valence-electron chi connectivity index (χ3n) is 3.05. The fourth-order valence-corrected chi connectivity index (χ4v) is 2.20. The van der Waals surface area contributed by atoms with Crippen molar-refractivity contribution in [1.29, 1.82) is 0 Å². The molecule has 0 radical (unpaired) electrons. The van der Waals surface area contributed by atoms with E-state index in [1.165, 1.54) is 18.2 Å². The van der Waals surface area contributed by atoms with Crippen molar-refractivity contribution in [2.75, 3.05) is 5.32 Å². The molecule has 8 heteroatoms.